The predicted octanol–water partition coefficient (Wildman–Crippen LogP) is 3.10. The van der Waals surface area contributed by atoms with Crippen LogP contribution in [0.2, 0.25) is 0 Å². The fraction of sp³-hybridized carbons (Fsp3) is 1.00. The van der Waals surface area contributed by atoms with Crippen LogP contribution in [0.25, 0.3) is 0 Å². The molecule has 0 heterocycles. The lowest BCUT2D eigenvalue weighted by Crippen LogP contribution is -2.41. The van der Waals surface area contributed by atoms with E-state index in [0.29, 0.717) is 12.6 Å². The highest BCUT2D eigenvalue weighted by Gasteiger charge is 2.26. The smallest absolute Gasteiger partial charge is 0.0499 e. The molecule has 0 aliphatic heterocycles. The normalized spacial score (nSPS) is 19.7. The first-order chi connectivity index (χ1) is 7.76. The average Bonchev–Trinajstić information content (AvgIpc) is 2.60. The summed E-state index contributed by atoms with van der Waals surface area (Å²) < 4.78 is 0. The molecule has 0 atom stereocenters. The number of aliphatic hydroxyl groups excluding tert-OH is 1. The predicted molar refractivity (Wildman–Crippen MR) is 69.6 cm³/mol. The van der Waals surface area contributed by atoms with E-state index < -0.39 is 0 Å². The van der Waals surface area contributed by atoms with Crippen molar-refractivity contribution in [3.8, 4) is 0 Å². The Labute approximate surface area is 101 Å². The molecular weight excluding hydrogens is 198 g/mol. The molecule has 0 aromatic carbocycles. The van der Waals surface area contributed by atoms with Crippen LogP contribution in [0.1, 0.15) is 65.2 Å². The Morgan fingerprint density at radius 3 is 2.06 bits per heavy atom. The quantitative estimate of drug-likeness (QED) is 0.683. The Bertz CT molecular complexity index is 161. The Hall–Kier alpha value is -0.0800. The maximum atomic E-state index is 9.52. The van der Waals surface area contributed by atoms with Crippen LogP contribution in [0.15, 0.2) is 0 Å². The van der Waals surface area contributed by atoms with Gasteiger partial charge in [0.05, 0.1) is 0 Å². The van der Waals surface area contributed by atoms with E-state index in [4.69, 9.17) is 0 Å². The molecule has 2 heteroatoms. The van der Waals surface area contributed by atoms with E-state index >= 15 is 0 Å². The van der Waals surface area contributed by atoms with Gasteiger partial charge < -0.3 is 10.4 Å². The summed E-state index contributed by atoms with van der Waals surface area (Å²) >= 11 is 0. The Balaban J connectivity index is 2.35. The van der Waals surface area contributed by atoms with Gasteiger partial charge >= 0.3 is 0 Å². The van der Waals surface area contributed by atoms with Gasteiger partial charge in [-0.05, 0) is 25.7 Å². The van der Waals surface area contributed by atoms with Crippen molar-refractivity contribution in [2.24, 2.45) is 5.41 Å². The first-order valence-corrected chi connectivity index (χ1v) is 7.10. The van der Waals surface area contributed by atoms with Gasteiger partial charge in [-0.1, -0.05) is 39.5 Å². The van der Waals surface area contributed by atoms with Crippen molar-refractivity contribution in [1.82, 2.24) is 5.32 Å². The van der Waals surface area contributed by atoms with Gasteiger partial charge in [0.2, 0.25) is 0 Å². The van der Waals surface area contributed by atoms with Crippen LogP contribution in [-0.4, -0.2) is 24.3 Å². The standard InChI is InChI=1S/C14H29NO/c1-3-14(4-2,12-16)11-15-13-9-7-5-6-8-10-13/h13,15-16H,3-12H2,1-2H3. The van der Waals surface area contributed by atoms with Crippen LogP contribution in [0.4, 0.5) is 0 Å². The highest BCUT2D eigenvalue weighted by atomic mass is 16.3. The minimum absolute atomic E-state index is 0.117. The third-order valence-electron chi connectivity index (χ3n) is 4.46. The zero-order valence-electron chi connectivity index (χ0n) is 11.1. The highest BCUT2D eigenvalue weighted by molar-refractivity contribution is 4.81. The maximum Gasteiger partial charge on any atom is 0.0499 e. The summed E-state index contributed by atoms with van der Waals surface area (Å²) in [5.41, 5.74) is 0.117. The van der Waals surface area contributed by atoms with Crippen LogP contribution in [0, 0.1) is 5.41 Å². The van der Waals surface area contributed by atoms with E-state index in [1.165, 1.54) is 38.5 Å². The zero-order valence-corrected chi connectivity index (χ0v) is 11.1. The van der Waals surface area contributed by atoms with E-state index in [1.807, 2.05) is 0 Å². The molecule has 1 fully saturated rings. The molecule has 2 N–H and O–H groups in total. The number of hydrogen-bond acceptors (Lipinski definition) is 2. The summed E-state index contributed by atoms with van der Waals surface area (Å²) in [6.07, 6.45) is 10.4. The zero-order chi connectivity index (χ0) is 11.9. The van der Waals surface area contributed by atoms with Crippen molar-refractivity contribution in [1.29, 1.82) is 0 Å². The second kappa shape index (κ2) is 7.29. The molecule has 2 nitrogen and oxygen atoms in total. The number of rotatable bonds is 6. The first kappa shape index (κ1) is 14.0. The van der Waals surface area contributed by atoms with Gasteiger partial charge in [-0.25, -0.2) is 0 Å². The van der Waals surface area contributed by atoms with Crippen molar-refractivity contribution in [3.63, 3.8) is 0 Å². The minimum atomic E-state index is 0.117. The van der Waals surface area contributed by atoms with Crippen molar-refractivity contribution < 1.29 is 5.11 Å². The number of nitrogens with one attached hydrogen (secondary N) is 1. The van der Waals surface area contributed by atoms with Crippen molar-refractivity contribution in [3.05, 3.63) is 0 Å². The molecule has 1 rings (SSSR count). The molecule has 16 heavy (non-hydrogen) atoms. The molecule has 0 unspecified atom stereocenters. The summed E-state index contributed by atoms with van der Waals surface area (Å²) in [7, 11) is 0. The van der Waals surface area contributed by atoms with Gasteiger partial charge in [0.15, 0.2) is 0 Å². The second-order valence-corrected chi connectivity index (χ2v) is 5.43. The van der Waals surface area contributed by atoms with E-state index in [0.717, 1.165) is 19.4 Å². The first-order valence-electron chi connectivity index (χ1n) is 7.10. The van der Waals surface area contributed by atoms with Crippen molar-refractivity contribution in [2.45, 2.75) is 71.3 Å². The van der Waals surface area contributed by atoms with Crippen LogP contribution < -0.4 is 5.32 Å². The fourth-order valence-electron chi connectivity index (χ4n) is 2.62. The number of hydrogen-bond donors (Lipinski definition) is 2. The molecule has 0 radical (unpaired) electrons. The highest BCUT2D eigenvalue weighted by Crippen LogP contribution is 2.25. The summed E-state index contributed by atoms with van der Waals surface area (Å²) in [6, 6.07) is 0.700. The average molecular weight is 227 g/mol. The lowest BCUT2D eigenvalue weighted by atomic mass is 9.83. The van der Waals surface area contributed by atoms with Gasteiger partial charge in [0.25, 0.3) is 0 Å². The molecule has 1 aliphatic carbocycles. The van der Waals surface area contributed by atoms with Gasteiger partial charge in [0, 0.05) is 24.6 Å². The van der Waals surface area contributed by atoms with Crippen LogP contribution in [-0.2, 0) is 0 Å². The molecule has 1 aliphatic rings. The largest absolute Gasteiger partial charge is 0.396 e. The molecule has 1 saturated carbocycles. The van der Waals surface area contributed by atoms with E-state index in [2.05, 4.69) is 19.2 Å². The van der Waals surface area contributed by atoms with Crippen LogP contribution >= 0.6 is 0 Å². The molecule has 0 spiro atoms. The summed E-state index contributed by atoms with van der Waals surface area (Å²) in [5, 5.41) is 13.2. The molecular formula is C14H29NO. The third kappa shape index (κ3) is 4.06. The number of aliphatic hydroxyl groups is 1. The topological polar surface area (TPSA) is 32.3 Å². The SMILES string of the molecule is CCC(CC)(CO)CNC1CCCCCC1. The Morgan fingerprint density at radius 2 is 1.62 bits per heavy atom. The van der Waals surface area contributed by atoms with Gasteiger partial charge in [-0.3, -0.25) is 0 Å². The Morgan fingerprint density at radius 1 is 1.06 bits per heavy atom. The molecule has 0 bridgehead atoms. The van der Waals surface area contributed by atoms with E-state index in [9.17, 15) is 5.11 Å². The van der Waals surface area contributed by atoms with Gasteiger partial charge in [-0.15, -0.1) is 0 Å². The lowest BCUT2D eigenvalue weighted by Gasteiger charge is -2.32. The van der Waals surface area contributed by atoms with Crippen molar-refractivity contribution >= 4 is 0 Å². The van der Waals surface area contributed by atoms with E-state index in [-0.39, 0.29) is 5.41 Å². The van der Waals surface area contributed by atoms with Gasteiger partial charge in [-0.2, -0.15) is 0 Å². The molecule has 0 amide bonds. The van der Waals surface area contributed by atoms with Crippen LogP contribution in [0.5, 0.6) is 0 Å². The van der Waals surface area contributed by atoms with Crippen molar-refractivity contribution in [2.75, 3.05) is 13.2 Å². The molecule has 96 valence electrons. The summed E-state index contributed by atoms with van der Waals surface area (Å²) in [5.74, 6) is 0. The Kier molecular flexibility index (Phi) is 6.37. The minimum Gasteiger partial charge on any atom is -0.396 e. The molecule has 0 saturated heterocycles. The second-order valence-electron chi connectivity index (χ2n) is 5.43. The molecule has 0 aromatic heterocycles. The maximum absolute atomic E-state index is 9.52. The van der Waals surface area contributed by atoms with Gasteiger partial charge in [0.1, 0.15) is 0 Å². The monoisotopic (exact) mass is 227 g/mol. The summed E-state index contributed by atoms with van der Waals surface area (Å²) in [4.78, 5) is 0. The lowest BCUT2D eigenvalue weighted by molar-refractivity contribution is 0.109. The summed E-state index contributed by atoms with van der Waals surface area (Å²) in [6.45, 7) is 5.68. The van der Waals surface area contributed by atoms with Crippen LogP contribution in [0.3, 0.4) is 0 Å². The fourth-order valence-corrected chi connectivity index (χ4v) is 2.62. The van der Waals surface area contributed by atoms with E-state index in [1.54, 1.807) is 0 Å². The third-order valence-corrected chi connectivity index (χ3v) is 4.46. The molecule has 0 aromatic rings.